The number of aliphatic carboxylic acids is 1. The number of benzene rings is 1. The number of aliphatic hydroxyl groups excluding tert-OH is 1. The number of aromatic nitrogens is 1. The number of rotatable bonds is 12. The number of carboxylic acids is 1. The number of piperidine rings is 1. The van der Waals surface area contributed by atoms with E-state index in [0.717, 1.165) is 55.6 Å². The van der Waals surface area contributed by atoms with Crippen molar-refractivity contribution in [3.8, 4) is 5.75 Å². The summed E-state index contributed by atoms with van der Waals surface area (Å²) in [6.07, 6.45) is 4.72. The summed E-state index contributed by atoms with van der Waals surface area (Å²) in [5.41, 5.74) is 1.05. The average molecular weight is 549 g/mol. The van der Waals surface area contributed by atoms with E-state index in [1.165, 1.54) is 4.21 Å². The maximum Gasteiger partial charge on any atom is 0.303 e. The number of fused-ring (bicyclic) bond motifs is 1. The van der Waals surface area contributed by atoms with Crippen molar-refractivity contribution in [1.82, 2.24) is 9.88 Å². The molecule has 0 radical (unpaired) electrons. The topological polar surface area (TPSA) is 82.9 Å². The molecule has 2 N–H and O–H groups in total. The molecule has 0 spiro atoms. The minimum atomic E-state index is -0.812. The van der Waals surface area contributed by atoms with Crippen molar-refractivity contribution in [1.29, 1.82) is 0 Å². The van der Waals surface area contributed by atoms with E-state index in [-0.39, 0.29) is 11.8 Å². The van der Waals surface area contributed by atoms with Crippen LogP contribution in [0.25, 0.3) is 10.9 Å². The normalized spacial score (nSPS) is 16.8. The highest BCUT2D eigenvalue weighted by atomic mass is 35.5. The molecule has 0 unspecified atom stereocenters. The summed E-state index contributed by atoms with van der Waals surface area (Å²) in [6, 6.07) is 9.76. The Balaban J connectivity index is 1.37. The molecular weight excluding hydrogens is 516 g/mol. The fraction of sp³-hybridized carbons (Fsp3) is 0.481. The molecule has 3 aromatic rings. The van der Waals surface area contributed by atoms with Crippen LogP contribution in [0.2, 0.25) is 5.02 Å². The van der Waals surface area contributed by atoms with E-state index < -0.39 is 12.1 Å². The minimum absolute atomic E-state index is 0.125. The molecule has 0 saturated carbocycles. The molecule has 1 atom stereocenters. The number of carbonyl (C=O) groups is 1. The molecule has 9 heteroatoms. The average Bonchev–Trinajstić information content (AvgIpc) is 3.39. The van der Waals surface area contributed by atoms with Gasteiger partial charge in [-0.3, -0.25) is 9.78 Å². The second-order valence-electron chi connectivity index (χ2n) is 9.50. The van der Waals surface area contributed by atoms with Gasteiger partial charge in [0, 0.05) is 22.9 Å². The molecule has 0 aliphatic carbocycles. The van der Waals surface area contributed by atoms with E-state index in [2.05, 4.69) is 27.4 Å². The number of aliphatic hydroxyl groups is 1. The van der Waals surface area contributed by atoms with Gasteiger partial charge in [-0.05, 0) is 86.8 Å². The lowest BCUT2D eigenvalue weighted by atomic mass is 9.71. The lowest BCUT2D eigenvalue weighted by Gasteiger charge is -2.41. The maximum atomic E-state index is 11.8. The molecule has 3 heterocycles. The molecule has 36 heavy (non-hydrogen) atoms. The molecule has 1 fully saturated rings. The molecular formula is C27H33ClN2O4S2. The van der Waals surface area contributed by atoms with Gasteiger partial charge in [0.1, 0.15) is 5.75 Å². The van der Waals surface area contributed by atoms with Crippen LogP contribution in [0.15, 0.2) is 46.1 Å². The highest BCUT2D eigenvalue weighted by molar-refractivity contribution is 8.01. The first-order chi connectivity index (χ1) is 17.4. The molecule has 6 nitrogen and oxygen atoms in total. The second kappa shape index (κ2) is 12.6. The lowest BCUT2D eigenvalue weighted by molar-refractivity contribution is -0.141. The highest BCUT2D eigenvalue weighted by Gasteiger charge is 2.37. The van der Waals surface area contributed by atoms with Gasteiger partial charge < -0.3 is 19.8 Å². The van der Waals surface area contributed by atoms with Crippen molar-refractivity contribution in [2.45, 2.75) is 48.8 Å². The standard InChI is InChI=1S/C27H33ClN2O4S2/c1-34-19-5-6-22-20(16-19)26(21(28)18-29-22)23(31)7-8-27(17-24(32)33)9-12-30(13-10-27)11-3-15-36-25-4-2-14-35-25/h2,4-6,14,16,18,23,31H,3,7-13,15,17H2,1H3,(H,32,33)/t23-/m0/s1. The predicted molar refractivity (Wildman–Crippen MR) is 148 cm³/mol. The predicted octanol–water partition coefficient (Wildman–Crippen LogP) is 6.51. The van der Waals surface area contributed by atoms with Crippen LogP contribution in [0.5, 0.6) is 5.75 Å². The maximum absolute atomic E-state index is 11.8. The Bertz CT molecular complexity index is 1150. The van der Waals surface area contributed by atoms with Gasteiger partial charge in [-0.25, -0.2) is 0 Å². The SMILES string of the molecule is COc1ccc2ncc(Cl)c([C@@H](O)CCC3(CC(=O)O)CCN(CCCSc4cccs4)CC3)c2c1. The zero-order valence-corrected chi connectivity index (χ0v) is 22.9. The smallest absolute Gasteiger partial charge is 0.303 e. The number of hydrogen-bond acceptors (Lipinski definition) is 7. The van der Waals surface area contributed by atoms with E-state index in [9.17, 15) is 15.0 Å². The number of halogens is 1. The van der Waals surface area contributed by atoms with E-state index in [1.807, 2.05) is 30.0 Å². The van der Waals surface area contributed by atoms with Crippen molar-refractivity contribution >= 4 is 51.6 Å². The van der Waals surface area contributed by atoms with Crippen LogP contribution in [-0.2, 0) is 4.79 Å². The Hall–Kier alpha value is -1.84. The number of methoxy groups -OCH3 is 1. The van der Waals surface area contributed by atoms with Crippen LogP contribution in [0, 0.1) is 5.41 Å². The summed E-state index contributed by atoms with van der Waals surface area (Å²) in [7, 11) is 1.60. The summed E-state index contributed by atoms with van der Waals surface area (Å²) in [5.74, 6) is 0.987. The van der Waals surface area contributed by atoms with Gasteiger partial charge in [-0.15, -0.1) is 23.1 Å². The van der Waals surface area contributed by atoms with E-state index in [4.69, 9.17) is 16.3 Å². The van der Waals surface area contributed by atoms with Gasteiger partial charge in [-0.1, -0.05) is 17.7 Å². The zero-order chi connectivity index (χ0) is 25.5. The van der Waals surface area contributed by atoms with Crippen molar-refractivity contribution in [2.24, 2.45) is 5.41 Å². The number of ether oxygens (including phenoxy) is 1. The van der Waals surface area contributed by atoms with Crippen LogP contribution >= 0.6 is 34.7 Å². The molecule has 0 bridgehead atoms. The number of likely N-dealkylation sites (tertiary alicyclic amines) is 1. The van der Waals surface area contributed by atoms with E-state index >= 15 is 0 Å². The van der Waals surface area contributed by atoms with E-state index in [0.29, 0.717) is 29.2 Å². The van der Waals surface area contributed by atoms with Gasteiger partial charge in [0.2, 0.25) is 0 Å². The quantitative estimate of drug-likeness (QED) is 0.197. The fourth-order valence-corrected chi connectivity index (χ4v) is 7.18. The molecule has 0 amide bonds. The summed E-state index contributed by atoms with van der Waals surface area (Å²) >= 11 is 10.2. The van der Waals surface area contributed by atoms with Gasteiger partial charge in [0.25, 0.3) is 0 Å². The van der Waals surface area contributed by atoms with Crippen LogP contribution in [0.4, 0.5) is 0 Å². The van der Waals surface area contributed by atoms with Gasteiger partial charge in [-0.2, -0.15) is 0 Å². The molecule has 1 aliphatic heterocycles. The van der Waals surface area contributed by atoms with Gasteiger partial charge in [0.05, 0.1) is 34.4 Å². The first-order valence-electron chi connectivity index (χ1n) is 12.3. The lowest BCUT2D eigenvalue weighted by Crippen LogP contribution is -2.41. The number of nitrogens with zero attached hydrogens (tertiary/aromatic N) is 2. The van der Waals surface area contributed by atoms with Crippen molar-refractivity contribution in [3.05, 3.63) is 52.5 Å². The second-order valence-corrected chi connectivity index (χ2v) is 12.3. The van der Waals surface area contributed by atoms with Crippen LogP contribution < -0.4 is 4.74 Å². The summed E-state index contributed by atoms with van der Waals surface area (Å²) in [6.45, 7) is 2.82. The Morgan fingerprint density at radius 1 is 1.33 bits per heavy atom. The Labute approximate surface area is 225 Å². The molecule has 2 aromatic heterocycles. The zero-order valence-electron chi connectivity index (χ0n) is 20.5. The third-order valence-corrected chi connectivity index (χ3v) is 9.67. The number of pyridine rings is 1. The Morgan fingerprint density at radius 2 is 2.14 bits per heavy atom. The first kappa shape index (κ1) is 27.2. The monoisotopic (exact) mass is 548 g/mol. The molecule has 1 aromatic carbocycles. The number of hydrogen-bond donors (Lipinski definition) is 2. The van der Waals surface area contributed by atoms with Crippen molar-refractivity contribution < 1.29 is 19.7 Å². The van der Waals surface area contributed by atoms with Crippen molar-refractivity contribution in [3.63, 3.8) is 0 Å². The van der Waals surface area contributed by atoms with E-state index in [1.54, 1.807) is 24.6 Å². The van der Waals surface area contributed by atoms with Crippen LogP contribution in [0.3, 0.4) is 0 Å². The summed E-state index contributed by atoms with van der Waals surface area (Å²) < 4.78 is 6.71. The fourth-order valence-electron chi connectivity index (χ4n) is 5.11. The van der Waals surface area contributed by atoms with Gasteiger partial charge >= 0.3 is 5.97 Å². The summed E-state index contributed by atoms with van der Waals surface area (Å²) in [5, 5.41) is 24.1. The van der Waals surface area contributed by atoms with Crippen LogP contribution in [0.1, 0.15) is 50.2 Å². The first-order valence-corrected chi connectivity index (χ1v) is 14.5. The molecule has 4 rings (SSSR count). The third-order valence-electron chi connectivity index (χ3n) is 7.15. The summed E-state index contributed by atoms with van der Waals surface area (Å²) in [4.78, 5) is 18.6. The number of thiophene rings is 1. The number of thioether (sulfide) groups is 1. The highest BCUT2D eigenvalue weighted by Crippen LogP contribution is 2.43. The molecule has 194 valence electrons. The molecule has 1 saturated heterocycles. The molecule has 1 aliphatic rings. The Kier molecular flexibility index (Phi) is 9.52. The van der Waals surface area contributed by atoms with Crippen molar-refractivity contribution in [2.75, 3.05) is 32.5 Å². The van der Waals surface area contributed by atoms with Crippen LogP contribution in [-0.4, -0.2) is 58.6 Å². The largest absolute Gasteiger partial charge is 0.497 e. The third kappa shape index (κ3) is 6.92. The minimum Gasteiger partial charge on any atom is -0.497 e. The number of carboxylic acid groups (broad SMARTS) is 1. The van der Waals surface area contributed by atoms with Gasteiger partial charge in [0.15, 0.2) is 0 Å². The Morgan fingerprint density at radius 3 is 2.83 bits per heavy atom.